The molecule has 0 spiro atoms. The van der Waals surface area contributed by atoms with Crippen molar-refractivity contribution in [1.82, 2.24) is 0 Å². The lowest BCUT2D eigenvalue weighted by Gasteiger charge is -2.10. The van der Waals surface area contributed by atoms with E-state index < -0.39 is 0 Å². The number of anilines is 1. The highest BCUT2D eigenvalue weighted by Crippen LogP contribution is 2.31. The van der Waals surface area contributed by atoms with Crippen LogP contribution in [0.5, 0.6) is 0 Å². The summed E-state index contributed by atoms with van der Waals surface area (Å²) in [6, 6.07) is 5.25. The van der Waals surface area contributed by atoms with Gasteiger partial charge in [0.1, 0.15) is 0 Å². The zero-order valence-corrected chi connectivity index (χ0v) is 11.7. The molecule has 0 atom stereocenters. The molecule has 0 unspecified atom stereocenters. The van der Waals surface area contributed by atoms with Crippen molar-refractivity contribution in [3.63, 3.8) is 0 Å². The Bertz CT molecular complexity index is 428. The fraction of sp³-hybridized carbons (Fsp3) is 0.500. The highest BCUT2D eigenvalue weighted by molar-refractivity contribution is 6.43. The topological polar surface area (TPSA) is 29.1 Å². The Morgan fingerprint density at radius 3 is 2.72 bits per heavy atom. The first kappa shape index (κ1) is 13.7. The Kier molecular flexibility index (Phi) is 4.90. The molecule has 0 bridgehead atoms. The molecule has 0 aromatic heterocycles. The van der Waals surface area contributed by atoms with Crippen LogP contribution in [0.15, 0.2) is 18.2 Å². The van der Waals surface area contributed by atoms with Gasteiger partial charge < -0.3 is 5.32 Å². The third-order valence-corrected chi connectivity index (χ3v) is 4.30. The van der Waals surface area contributed by atoms with Gasteiger partial charge in [-0.1, -0.05) is 55.0 Å². The lowest BCUT2D eigenvalue weighted by Crippen LogP contribution is -2.13. The summed E-state index contributed by atoms with van der Waals surface area (Å²) in [6.07, 6.45) is 6.70. The van der Waals surface area contributed by atoms with E-state index in [1.54, 1.807) is 18.2 Å². The molecule has 0 heterocycles. The minimum Gasteiger partial charge on any atom is -0.325 e. The van der Waals surface area contributed by atoms with Gasteiger partial charge in [0.25, 0.3) is 0 Å². The molecule has 1 aliphatic rings. The van der Waals surface area contributed by atoms with Gasteiger partial charge in [-0.2, -0.15) is 0 Å². The van der Waals surface area contributed by atoms with E-state index in [2.05, 4.69) is 5.32 Å². The monoisotopic (exact) mass is 285 g/mol. The summed E-state index contributed by atoms with van der Waals surface area (Å²) in [7, 11) is 0. The second kappa shape index (κ2) is 6.44. The molecule has 0 aliphatic heterocycles. The van der Waals surface area contributed by atoms with Crippen LogP contribution in [-0.4, -0.2) is 5.91 Å². The average molecular weight is 286 g/mol. The molecule has 1 aromatic carbocycles. The third kappa shape index (κ3) is 3.63. The molecule has 98 valence electrons. The van der Waals surface area contributed by atoms with E-state index in [4.69, 9.17) is 23.2 Å². The summed E-state index contributed by atoms with van der Waals surface area (Å²) in [5, 5.41) is 3.69. The van der Waals surface area contributed by atoms with Crippen molar-refractivity contribution in [3.05, 3.63) is 28.2 Å². The molecule has 0 saturated heterocycles. The van der Waals surface area contributed by atoms with E-state index in [9.17, 15) is 4.79 Å². The summed E-state index contributed by atoms with van der Waals surface area (Å²) in [4.78, 5) is 11.8. The van der Waals surface area contributed by atoms with E-state index in [0.29, 0.717) is 22.2 Å². The normalized spacial score (nSPS) is 15.9. The van der Waals surface area contributed by atoms with E-state index in [-0.39, 0.29) is 5.91 Å². The Hall–Kier alpha value is -0.730. The molecule has 2 rings (SSSR count). The first-order chi connectivity index (χ1) is 8.66. The molecule has 1 saturated carbocycles. The van der Waals surface area contributed by atoms with Gasteiger partial charge in [-0.05, 0) is 24.5 Å². The number of hydrogen-bond acceptors (Lipinski definition) is 1. The number of amides is 1. The zero-order chi connectivity index (χ0) is 13.0. The van der Waals surface area contributed by atoms with Crippen molar-refractivity contribution < 1.29 is 4.79 Å². The maximum absolute atomic E-state index is 11.8. The first-order valence-corrected chi connectivity index (χ1v) is 7.16. The van der Waals surface area contributed by atoms with Gasteiger partial charge in [0.05, 0.1) is 15.7 Å². The van der Waals surface area contributed by atoms with Crippen LogP contribution in [0, 0.1) is 5.92 Å². The van der Waals surface area contributed by atoms with Crippen molar-refractivity contribution >= 4 is 34.8 Å². The molecule has 1 fully saturated rings. The Labute approximate surface area is 118 Å². The minimum absolute atomic E-state index is 0.0195. The third-order valence-electron chi connectivity index (χ3n) is 3.48. The second-order valence-electron chi connectivity index (χ2n) is 4.84. The van der Waals surface area contributed by atoms with E-state index in [0.717, 1.165) is 12.3 Å². The number of halogens is 2. The number of rotatable bonds is 4. The van der Waals surface area contributed by atoms with Gasteiger partial charge in [0, 0.05) is 6.42 Å². The fourth-order valence-corrected chi connectivity index (χ4v) is 2.80. The van der Waals surface area contributed by atoms with Crippen LogP contribution in [0.2, 0.25) is 10.0 Å². The smallest absolute Gasteiger partial charge is 0.224 e. The maximum atomic E-state index is 11.8. The van der Waals surface area contributed by atoms with E-state index in [1.807, 2.05) is 0 Å². The average Bonchev–Trinajstić information content (AvgIpc) is 2.86. The summed E-state index contributed by atoms with van der Waals surface area (Å²) in [5.41, 5.74) is 0.598. The van der Waals surface area contributed by atoms with Crippen molar-refractivity contribution in [3.8, 4) is 0 Å². The van der Waals surface area contributed by atoms with Gasteiger partial charge in [0.15, 0.2) is 0 Å². The minimum atomic E-state index is 0.0195. The van der Waals surface area contributed by atoms with Crippen molar-refractivity contribution in [1.29, 1.82) is 0 Å². The second-order valence-corrected chi connectivity index (χ2v) is 5.62. The fourth-order valence-electron chi connectivity index (χ4n) is 2.45. The van der Waals surface area contributed by atoms with Crippen molar-refractivity contribution in [2.75, 3.05) is 5.32 Å². The molecular formula is C14H17Cl2NO. The highest BCUT2D eigenvalue weighted by Gasteiger charge is 2.16. The molecule has 1 aliphatic carbocycles. The Balaban J connectivity index is 1.84. The summed E-state index contributed by atoms with van der Waals surface area (Å²) in [6.45, 7) is 0. The molecule has 18 heavy (non-hydrogen) atoms. The number of hydrogen-bond donors (Lipinski definition) is 1. The van der Waals surface area contributed by atoms with Crippen LogP contribution in [0.4, 0.5) is 5.69 Å². The van der Waals surface area contributed by atoms with Crippen LogP contribution >= 0.6 is 23.2 Å². The molecule has 4 heteroatoms. The zero-order valence-electron chi connectivity index (χ0n) is 10.2. The number of benzene rings is 1. The predicted molar refractivity (Wildman–Crippen MR) is 76.3 cm³/mol. The predicted octanol–water partition coefficient (Wildman–Crippen LogP) is 4.90. The van der Waals surface area contributed by atoms with Gasteiger partial charge in [-0.25, -0.2) is 0 Å². The summed E-state index contributed by atoms with van der Waals surface area (Å²) < 4.78 is 0. The maximum Gasteiger partial charge on any atom is 0.224 e. The lowest BCUT2D eigenvalue weighted by molar-refractivity contribution is -0.116. The van der Waals surface area contributed by atoms with Crippen LogP contribution < -0.4 is 5.32 Å². The molecule has 1 amide bonds. The van der Waals surface area contributed by atoms with Gasteiger partial charge in [0.2, 0.25) is 5.91 Å². The van der Waals surface area contributed by atoms with E-state index in [1.165, 1.54) is 25.7 Å². The first-order valence-electron chi connectivity index (χ1n) is 6.40. The van der Waals surface area contributed by atoms with Crippen molar-refractivity contribution in [2.24, 2.45) is 5.92 Å². The van der Waals surface area contributed by atoms with Gasteiger partial charge >= 0.3 is 0 Å². The quantitative estimate of drug-likeness (QED) is 0.837. The Morgan fingerprint density at radius 2 is 2.00 bits per heavy atom. The van der Waals surface area contributed by atoms with Crippen molar-refractivity contribution in [2.45, 2.75) is 38.5 Å². The standard InChI is InChI=1S/C14H17Cl2NO/c15-11-6-3-7-12(14(11)16)17-13(18)9-8-10-4-1-2-5-10/h3,6-7,10H,1-2,4-5,8-9H2,(H,17,18). The largest absolute Gasteiger partial charge is 0.325 e. The van der Waals surface area contributed by atoms with Gasteiger partial charge in [-0.15, -0.1) is 0 Å². The Morgan fingerprint density at radius 1 is 1.28 bits per heavy atom. The van der Waals surface area contributed by atoms with Crippen LogP contribution in [0.3, 0.4) is 0 Å². The summed E-state index contributed by atoms with van der Waals surface area (Å²) >= 11 is 11.9. The van der Waals surface area contributed by atoms with Crippen LogP contribution in [0.25, 0.3) is 0 Å². The molecule has 1 aromatic rings. The molecular weight excluding hydrogens is 269 g/mol. The van der Waals surface area contributed by atoms with Gasteiger partial charge in [-0.3, -0.25) is 4.79 Å². The highest BCUT2D eigenvalue weighted by atomic mass is 35.5. The van der Waals surface area contributed by atoms with Crippen LogP contribution in [0.1, 0.15) is 38.5 Å². The summed E-state index contributed by atoms with van der Waals surface area (Å²) in [5.74, 6) is 0.747. The SMILES string of the molecule is O=C(CCC1CCCC1)Nc1cccc(Cl)c1Cl. The molecule has 0 radical (unpaired) electrons. The number of carbonyl (C=O) groups is 1. The number of carbonyl (C=O) groups excluding carboxylic acids is 1. The lowest BCUT2D eigenvalue weighted by atomic mass is 10.0. The van der Waals surface area contributed by atoms with E-state index >= 15 is 0 Å². The number of nitrogens with one attached hydrogen (secondary N) is 1. The molecule has 2 nitrogen and oxygen atoms in total. The van der Waals surface area contributed by atoms with Crippen LogP contribution in [-0.2, 0) is 4.79 Å². The molecule has 1 N–H and O–H groups in total.